The zero-order chi connectivity index (χ0) is 20.2. The summed E-state index contributed by atoms with van der Waals surface area (Å²) in [4.78, 5) is 27.7. The second-order valence-electron chi connectivity index (χ2n) is 7.43. The molecule has 0 aromatic heterocycles. The van der Waals surface area contributed by atoms with Gasteiger partial charge < -0.3 is 14.5 Å². The molecule has 1 N–H and O–H groups in total. The first-order valence-corrected chi connectivity index (χ1v) is 9.93. The number of hydrogen-bond donors (Lipinski definition) is 1. The van der Waals surface area contributed by atoms with Gasteiger partial charge in [-0.25, -0.2) is 4.79 Å². The molecule has 4 rings (SSSR count). The number of ether oxygens (including phenoxy) is 1. The number of nitrogens with one attached hydrogen (secondary N) is 1. The van der Waals surface area contributed by atoms with Crippen LogP contribution in [-0.4, -0.2) is 50.1 Å². The zero-order valence-electron chi connectivity index (χ0n) is 16.6. The van der Waals surface area contributed by atoms with E-state index in [1.165, 1.54) is 28.3 Å². The summed E-state index contributed by atoms with van der Waals surface area (Å²) in [6.45, 7) is 4.29. The summed E-state index contributed by atoms with van der Waals surface area (Å²) in [5.74, 6) is -0.375. The van der Waals surface area contributed by atoms with Crippen molar-refractivity contribution < 1.29 is 19.2 Å². The topological polar surface area (TPSA) is 51.1 Å². The Bertz CT molecular complexity index is 1020. The second-order valence-corrected chi connectivity index (χ2v) is 7.43. The van der Waals surface area contributed by atoms with Gasteiger partial charge in [-0.15, -0.1) is 0 Å². The van der Waals surface area contributed by atoms with Gasteiger partial charge in [0.2, 0.25) is 0 Å². The van der Waals surface area contributed by atoms with Crippen LogP contribution in [-0.2, 0) is 11.3 Å². The molecule has 0 bridgehead atoms. The fraction of sp³-hybridized carbons (Fsp3) is 0.250. The lowest BCUT2D eigenvalue weighted by molar-refractivity contribution is -0.917. The van der Waals surface area contributed by atoms with Crippen molar-refractivity contribution in [2.45, 2.75) is 6.54 Å². The molecule has 1 aliphatic rings. The van der Waals surface area contributed by atoms with Gasteiger partial charge >= 0.3 is 5.97 Å². The van der Waals surface area contributed by atoms with Crippen LogP contribution >= 0.6 is 0 Å². The number of piperazine rings is 1. The molecule has 0 spiro atoms. The van der Waals surface area contributed by atoms with Crippen molar-refractivity contribution in [3.8, 4) is 0 Å². The van der Waals surface area contributed by atoms with Gasteiger partial charge in [0.05, 0.1) is 38.9 Å². The molecule has 1 saturated heterocycles. The fourth-order valence-corrected chi connectivity index (χ4v) is 3.97. The summed E-state index contributed by atoms with van der Waals surface area (Å²) in [5, 5.41) is 2.58. The Balaban J connectivity index is 1.37. The molecule has 5 nitrogen and oxygen atoms in total. The Morgan fingerprint density at radius 2 is 1.55 bits per heavy atom. The molecular weight excluding hydrogens is 364 g/mol. The fourth-order valence-electron chi connectivity index (χ4n) is 3.97. The zero-order valence-corrected chi connectivity index (χ0v) is 16.6. The molecule has 0 unspecified atom stereocenters. The molecular formula is C24H25N2O3+. The molecule has 5 heteroatoms. The van der Waals surface area contributed by atoms with Gasteiger partial charge in [0, 0.05) is 11.1 Å². The van der Waals surface area contributed by atoms with Gasteiger partial charge in [0.25, 0.3) is 5.91 Å². The lowest BCUT2D eigenvalue weighted by Gasteiger charge is -2.32. The Hall–Kier alpha value is -3.18. The van der Waals surface area contributed by atoms with E-state index in [4.69, 9.17) is 4.74 Å². The number of nitrogens with zero attached hydrogens (tertiary/aromatic N) is 1. The molecule has 1 amide bonds. The van der Waals surface area contributed by atoms with E-state index in [1.807, 2.05) is 4.90 Å². The lowest BCUT2D eigenvalue weighted by atomic mass is 10.0. The molecule has 1 heterocycles. The van der Waals surface area contributed by atoms with E-state index in [2.05, 4.69) is 42.5 Å². The highest BCUT2D eigenvalue weighted by Gasteiger charge is 2.25. The standard InChI is InChI=1S/C24H24N2O3/c1-29-24(28)20-11-9-19(10-12-20)23(27)26-15-13-25(14-16-26)17-21-7-4-6-18-5-2-3-8-22(18)21/h2-12H,13-17H2,1H3/p+1. The summed E-state index contributed by atoms with van der Waals surface area (Å²) >= 11 is 0. The minimum atomic E-state index is -0.394. The van der Waals surface area contributed by atoms with Crippen molar-refractivity contribution in [1.82, 2.24) is 4.90 Å². The van der Waals surface area contributed by atoms with Crippen LogP contribution in [0.15, 0.2) is 66.7 Å². The van der Waals surface area contributed by atoms with E-state index in [1.54, 1.807) is 24.3 Å². The van der Waals surface area contributed by atoms with Crippen LogP contribution in [0.1, 0.15) is 26.3 Å². The predicted octanol–water partition coefficient (Wildman–Crippen LogP) is 2.17. The highest BCUT2D eigenvalue weighted by Crippen LogP contribution is 2.17. The van der Waals surface area contributed by atoms with Crippen LogP contribution in [0.4, 0.5) is 0 Å². The van der Waals surface area contributed by atoms with Gasteiger partial charge in [-0.1, -0.05) is 42.5 Å². The van der Waals surface area contributed by atoms with Gasteiger partial charge in [-0.3, -0.25) is 4.79 Å². The lowest BCUT2D eigenvalue weighted by Crippen LogP contribution is -3.13. The van der Waals surface area contributed by atoms with E-state index in [0.717, 1.165) is 32.7 Å². The van der Waals surface area contributed by atoms with Crippen LogP contribution in [0.3, 0.4) is 0 Å². The molecule has 0 saturated carbocycles. The van der Waals surface area contributed by atoms with E-state index in [0.29, 0.717) is 11.1 Å². The summed E-state index contributed by atoms with van der Waals surface area (Å²) in [5.41, 5.74) is 2.42. The van der Waals surface area contributed by atoms with Crippen LogP contribution in [0.2, 0.25) is 0 Å². The van der Waals surface area contributed by atoms with Crippen molar-refractivity contribution in [2.24, 2.45) is 0 Å². The summed E-state index contributed by atoms with van der Waals surface area (Å²) < 4.78 is 4.70. The van der Waals surface area contributed by atoms with E-state index < -0.39 is 5.97 Å². The minimum Gasteiger partial charge on any atom is -0.465 e. The van der Waals surface area contributed by atoms with Gasteiger partial charge in [0.15, 0.2) is 0 Å². The number of methoxy groups -OCH3 is 1. The maximum absolute atomic E-state index is 12.8. The quantitative estimate of drug-likeness (QED) is 0.696. The number of carbonyl (C=O) groups excluding carboxylic acids is 2. The Labute approximate surface area is 170 Å². The average molecular weight is 389 g/mol. The number of hydrogen-bond acceptors (Lipinski definition) is 3. The molecule has 1 fully saturated rings. The maximum Gasteiger partial charge on any atom is 0.337 e. The molecule has 148 valence electrons. The summed E-state index contributed by atoms with van der Waals surface area (Å²) in [6.07, 6.45) is 0. The third-order valence-corrected chi connectivity index (χ3v) is 5.63. The summed E-state index contributed by atoms with van der Waals surface area (Å²) in [7, 11) is 1.35. The number of rotatable bonds is 4. The minimum absolute atomic E-state index is 0.0191. The van der Waals surface area contributed by atoms with Crippen LogP contribution in [0.25, 0.3) is 10.8 Å². The van der Waals surface area contributed by atoms with Crippen molar-refractivity contribution in [3.05, 3.63) is 83.4 Å². The molecule has 0 radical (unpaired) electrons. The molecule has 3 aromatic rings. The average Bonchev–Trinajstić information content (AvgIpc) is 2.79. The molecule has 3 aromatic carbocycles. The first-order chi connectivity index (χ1) is 14.2. The Morgan fingerprint density at radius 3 is 2.28 bits per heavy atom. The van der Waals surface area contributed by atoms with Crippen molar-refractivity contribution in [3.63, 3.8) is 0 Å². The first-order valence-electron chi connectivity index (χ1n) is 9.93. The highest BCUT2D eigenvalue weighted by molar-refractivity contribution is 5.96. The second kappa shape index (κ2) is 8.45. The van der Waals surface area contributed by atoms with E-state index in [-0.39, 0.29) is 5.91 Å². The monoisotopic (exact) mass is 389 g/mol. The van der Waals surface area contributed by atoms with E-state index in [9.17, 15) is 9.59 Å². The van der Waals surface area contributed by atoms with Crippen molar-refractivity contribution >= 4 is 22.6 Å². The van der Waals surface area contributed by atoms with Crippen LogP contribution < -0.4 is 4.90 Å². The SMILES string of the molecule is COC(=O)c1ccc(C(=O)N2CC[NH+](Cc3cccc4ccccc34)CC2)cc1. The van der Waals surface area contributed by atoms with Crippen LogP contribution in [0, 0.1) is 0 Å². The number of quaternary nitrogens is 1. The van der Waals surface area contributed by atoms with Gasteiger partial charge in [-0.05, 0) is 35.0 Å². The van der Waals surface area contributed by atoms with Crippen LogP contribution in [0.5, 0.6) is 0 Å². The third kappa shape index (κ3) is 4.15. The number of benzene rings is 3. The smallest absolute Gasteiger partial charge is 0.337 e. The number of esters is 1. The number of fused-ring (bicyclic) bond motifs is 1. The molecule has 0 aliphatic carbocycles. The molecule has 0 atom stereocenters. The molecule has 1 aliphatic heterocycles. The predicted molar refractivity (Wildman–Crippen MR) is 112 cm³/mol. The van der Waals surface area contributed by atoms with Gasteiger partial charge in [-0.2, -0.15) is 0 Å². The highest BCUT2D eigenvalue weighted by atomic mass is 16.5. The van der Waals surface area contributed by atoms with Crippen molar-refractivity contribution in [1.29, 1.82) is 0 Å². The number of amides is 1. The van der Waals surface area contributed by atoms with Crippen molar-refractivity contribution in [2.75, 3.05) is 33.3 Å². The Kier molecular flexibility index (Phi) is 5.58. The van der Waals surface area contributed by atoms with Gasteiger partial charge in [0.1, 0.15) is 6.54 Å². The largest absolute Gasteiger partial charge is 0.465 e. The number of carbonyl (C=O) groups is 2. The normalized spacial score (nSPS) is 14.7. The maximum atomic E-state index is 12.8. The molecule has 29 heavy (non-hydrogen) atoms. The van der Waals surface area contributed by atoms with E-state index >= 15 is 0 Å². The summed E-state index contributed by atoms with van der Waals surface area (Å²) in [6, 6.07) is 21.6. The first kappa shape index (κ1) is 19.2. The third-order valence-electron chi connectivity index (χ3n) is 5.63. The Morgan fingerprint density at radius 1 is 0.897 bits per heavy atom.